The maximum absolute atomic E-state index is 7.16. The Morgan fingerprint density at radius 3 is 2.87 bits per heavy atom. The van der Waals surface area contributed by atoms with Crippen LogP contribution in [0.3, 0.4) is 0 Å². The summed E-state index contributed by atoms with van der Waals surface area (Å²) in [5.41, 5.74) is 3.60. The van der Waals surface area contributed by atoms with Crippen molar-refractivity contribution in [3.63, 3.8) is 0 Å². The van der Waals surface area contributed by atoms with Crippen LogP contribution in [0, 0.1) is 16.7 Å². The van der Waals surface area contributed by atoms with Gasteiger partial charge in [0.1, 0.15) is 0 Å². The monoisotopic (exact) mass is 203 g/mol. The van der Waals surface area contributed by atoms with Crippen LogP contribution in [-0.2, 0) is 0 Å². The highest BCUT2D eigenvalue weighted by atomic mass is 14.4. The van der Waals surface area contributed by atoms with Crippen LogP contribution in [0.2, 0.25) is 0 Å². The molecule has 1 fully saturated rings. The van der Waals surface area contributed by atoms with Crippen LogP contribution in [0.1, 0.15) is 46.0 Å². The number of allylic oxidation sites excluding steroid dienone is 4. The van der Waals surface area contributed by atoms with Gasteiger partial charge in [-0.1, -0.05) is 37.1 Å². The highest BCUT2D eigenvalue weighted by Gasteiger charge is 2.29. The first-order valence-electron chi connectivity index (χ1n) is 6.00. The number of fused-ring (bicyclic) bond motifs is 4. The van der Waals surface area contributed by atoms with Crippen molar-refractivity contribution in [2.75, 3.05) is 0 Å². The quantitative estimate of drug-likeness (QED) is 0.527. The lowest BCUT2D eigenvalue weighted by atomic mass is 9.69. The van der Waals surface area contributed by atoms with Crippen molar-refractivity contribution >= 4 is 6.21 Å². The second-order valence-electron chi connectivity index (χ2n) is 5.56. The van der Waals surface area contributed by atoms with Gasteiger partial charge in [0.2, 0.25) is 0 Å². The molecule has 2 unspecified atom stereocenters. The topological polar surface area (TPSA) is 23.9 Å². The minimum atomic E-state index is 0.328. The molecule has 1 N–H and O–H groups in total. The van der Waals surface area contributed by atoms with Crippen molar-refractivity contribution in [2.24, 2.45) is 11.3 Å². The molecule has 0 aromatic carbocycles. The van der Waals surface area contributed by atoms with Crippen LogP contribution < -0.4 is 0 Å². The predicted octanol–water partition coefficient (Wildman–Crippen LogP) is 4.11. The lowest BCUT2D eigenvalue weighted by Crippen LogP contribution is -2.22. The third-order valence-electron chi connectivity index (χ3n) is 3.63. The number of rotatable bonds is 3. The van der Waals surface area contributed by atoms with Crippen molar-refractivity contribution in [3.8, 4) is 0 Å². The van der Waals surface area contributed by atoms with Gasteiger partial charge in [-0.2, -0.15) is 0 Å². The molecule has 0 amide bonds. The van der Waals surface area contributed by atoms with Crippen LogP contribution in [0.15, 0.2) is 23.3 Å². The Labute approximate surface area is 92.8 Å². The molecule has 0 spiro atoms. The predicted molar refractivity (Wildman–Crippen MR) is 65.3 cm³/mol. The third kappa shape index (κ3) is 2.39. The summed E-state index contributed by atoms with van der Waals surface area (Å²) >= 11 is 0. The van der Waals surface area contributed by atoms with E-state index < -0.39 is 0 Å². The molecular weight excluding hydrogens is 182 g/mol. The molecule has 15 heavy (non-hydrogen) atoms. The fourth-order valence-corrected chi connectivity index (χ4v) is 3.08. The zero-order valence-electron chi connectivity index (χ0n) is 9.84. The van der Waals surface area contributed by atoms with Crippen molar-refractivity contribution in [1.82, 2.24) is 0 Å². The van der Waals surface area contributed by atoms with Crippen LogP contribution >= 0.6 is 0 Å². The molecule has 3 rings (SSSR count). The number of hydrogen-bond donors (Lipinski definition) is 1. The van der Waals surface area contributed by atoms with E-state index in [0.717, 1.165) is 12.8 Å². The van der Waals surface area contributed by atoms with Crippen LogP contribution in [0.25, 0.3) is 0 Å². The lowest BCUT2D eigenvalue weighted by Gasteiger charge is -2.36. The third-order valence-corrected chi connectivity index (χ3v) is 3.63. The first kappa shape index (κ1) is 10.7. The SMILES string of the molecule is CC1C=C2CC(=CC(C)(CCC=N)C1)C2. The van der Waals surface area contributed by atoms with Gasteiger partial charge in [0.25, 0.3) is 0 Å². The normalized spacial score (nSPS) is 34.4. The largest absolute Gasteiger partial charge is 0.313 e. The average Bonchev–Trinajstić information content (AvgIpc) is 2.08. The standard InChI is InChI=1S/C14H21N/c1-11-6-12-7-13(8-12)10-14(2,9-11)4-3-5-15/h5-6,10-11,15H,3-4,7-9H2,1-2H3. The van der Waals surface area contributed by atoms with Gasteiger partial charge < -0.3 is 5.41 Å². The summed E-state index contributed by atoms with van der Waals surface area (Å²) in [6.07, 6.45) is 12.3. The van der Waals surface area contributed by atoms with E-state index in [9.17, 15) is 0 Å². The van der Waals surface area contributed by atoms with Crippen molar-refractivity contribution in [3.05, 3.63) is 23.3 Å². The second-order valence-corrected chi connectivity index (χ2v) is 5.56. The van der Waals surface area contributed by atoms with Gasteiger partial charge >= 0.3 is 0 Å². The summed E-state index contributed by atoms with van der Waals surface area (Å²) < 4.78 is 0. The molecule has 1 heteroatoms. The summed E-state index contributed by atoms with van der Waals surface area (Å²) in [6.45, 7) is 4.68. The zero-order valence-corrected chi connectivity index (χ0v) is 9.84. The fourth-order valence-electron chi connectivity index (χ4n) is 3.08. The van der Waals surface area contributed by atoms with Gasteiger partial charge in [-0.15, -0.1) is 0 Å². The fraction of sp³-hybridized carbons (Fsp3) is 0.643. The van der Waals surface area contributed by atoms with E-state index in [4.69, 9.17) is 5.41 Å². The van der Waals surface area contributed by atoms with E-state index in [2.05, 4.69) is 26.0 Å². The highest BCUT2D eigenvalue weighted by molar-refractivity contribution is 5.53. The van der Waals surface area contributed by atoms with Gasteiger partial charge in [0.15, 0.2) is 0 Å². The van der Waals surface area contributed by atoms with Crippen LogP contribution in [0.4, 0.5) is 0 Å². The van der Waals surface area contributed by atoms with Crippen molar-refractivity contribution in [1.29, 1.82) is 5.41 Å². The molecule has 2 atom stereocenters. The number of hydrogen-bond acceptors (Lipinski definition) is 1. The van der Waals surface area contributed by atoms with Crippen molar-refractivity contribution < 1.29 is 0 Å². The molecular formula is C14H21N. The summed E-state index contributed by atoms with van der Waals surface area (Å²) in [7, 11) is 0. The first-order chi connectivity index (χ1) is 7.11. The first-order valence-corrected chi connectivity index (χ1v) is 6.00. The molecule has 0 aromatic rings. The Bertz CT molecular complexity index is 314. The van der Waals surface area contributed by atoms with Crippen LogP contribution in [0.5, 0.6) is 0 Å². The minimum Gasteiger partial charge on any atom is -0.313 e. The van der Waals surface area contributed by atoms with Gasteiger partial charge in [-0.25, -0.2) is 0 Å². The molecule has 3 aliphatic carbocycles. The van der Waals surface area contributed by atoms with Gasteiger partial charge in [0, 0.05) is 0 Å². The Morgan fingerprint density at radius 2 is 2.20 bits per heavy atom. The molecule has 0 aliphatic heterocycles. The van der Waals surface area contributed by atoms with E-state index in [1.54, 1.807) is 17.4 Å². The van der Waals surface area contributed by atoms with Gasteiger partial charge in [-0.05, 0) is 49.7 Å². The zero-order chi connectivity index (χ0) is 10.9. The van der Waals surface area contributed by atoms with Gasteiger partial charge in [-0.3, -0.25) is 0 Å². The Hall–Kier alpha value is -0.850. The van der Waals surface area contributed by atoms with E-state index in [-0.39, 0.29) is 0 Å². The van der Waals surface area contributed by atoms with Crippen molar-refractivity contribution in [2.45, 2.75) is 46.0 Å². The molecule has 1 saturated carbocycles. The molecule has 0 heterocycles. The molecule has 82 valence electrons. The summed E-state index contributed by atoms with van der Waals surface area (Å²) in [6, 6.07) is 0. The molecule has 0 aromatic heterocycles. The molecule has 0 radical (unpaired) electrons. The second kappa shape index (κ2) is 3.96. The van der Waals surface area contributed by atoms with E-state index in [1.807, 2.05) is 0 Å². The van der Waals surface area contributed by atoms with E-state index in [1.165, 1.54) is 19.3 Å². The molecule has 2 bridgehead atoms. The van der Waals surface area contributed by atoms with E-state index in [0.29, 0.717) is 11.3 Å². The smallest absolute Gasteiger partial charge is 0.00474 e. The lowest BCUT2D eigenvalue weighted by molar-refractivity contribution is 0.321. The Kier molecular flexibility index (Phi) is 2.81. The maximum atomic E-state index is 7.16. The number of nitrogens with one attached hydrogen (secondary N) is 1. The summed E-state index contributed by atoms with van der Waals surface area (Å²) in [5.74, 6) is 0.703. The maximum Gasteiger partial charge on any atom is -0.00474 e. The average molecular weight is 203 g/mol. The highest BCUT2D eigenvalue weighted by Crippen LogP contribution is 2.44. The minimum absolute atomic E-state index is 0.328. The van der Waals surface area contributed by atoms with Gasteiger partial charge in [0.05, 0.1) is 0 Å². The summed E-state index contributed by atoms with van der Waals surface area (Å²) in [4.78, 5) is 0. The van der Waals surface area contributed by atoms with E-state index >= 15 is 0 Å². The Morgan fingerprint density at radius 1 is 1.47 bits per heavy atom. The summed E-state index contributed by atoms with van der Waals surface area (Å²) in [5, 5.41) is 7.16. The molecule has 3 aliphatic rings. The molecule has 0 saturated heterocycles. The van der Waals surface area contributed by atoms with Crippen LogP contribution in [-0.4, -0.2) is 6.21 Å². The Balaban J connectivity index is 2.13. The molecule has 1 nitrogen and oxygen atoms in total.